The Morgan fingerprint density at radius 3 is 2.00 bits per heavy atom. The van der Waals surface area contributed by atoms with Crippen molar-refractivity contribution < 1.29 is 18.4 Å². The number of nitrogens with two attached hydrogens (primary N) is 1. The van der Waals surface area contributed by atoms with E-state index in [0.717, 1.165) is 0 Å². The van der Waals surface area contributed by atoms with E-state index < -0.39 is 17.6 Å². The van der Waals surface area contributed by atoms with Crippen LogP contribution in [0.4, 0.5) is 0 Å². The number of carbonyl (C=O) groups is 1. The van der Waals surface area contributed by atoms with Crippen molar-refractivity contribution in [2.75, 3.05) is 13.2 Å². The molecular formula is C7H15BrNO4P. The van der Waals surface area contributed by atoms with Crippen molar-refractivity contribution in [2.24, 2.45) is 5.73 Å². The number of rotatable bonds is 6. The van der Waals surface area contributed by atoms with E-state index in [2.05, 4.69) is 15.9 Å². The summed E-state index contributed by atoms with van der Waals surface area (Å²) in [5.41, 5.74) is 5.56. The van der Waals surface area contributed by atoms with Gasteiger partial charge in [0.2, 0.25) is 4.19 Å². The second-order valence-electron chi connectivity index (χ2n) is 2.56. The van der Waals surface area contributed by atoms with Crippen LogP contribution in [0, 0.1) is 0 Å². The molecule has 5 nitrogen and oxygen atoms in total. The Hall–Kier alpha value is 0.260. The maximum Gasteiger partial charge on any atom is 0.368 e. The van der Waals surface area contributed by atoms with Gasteiger partial charge in [0.1, 0.15) is 0 Å². The van der Waals surface area contributed by atoms with Gasteiger partial charge in [0.05, 0.1) is 13.2 Å². The molecule has 0 aromatic carbocycles. The predicted octanol–water partition coefficient (Wildman–Crippen LogP) is 1.85. The highest BCUT2D eigenvalue weighted by Crippen LogP contribution is 2.60. The van der Waals surface area contributed by atoms with E-state index in [1.54, 1.807) is 13.8 Å². The summed E-state index contributed by atoms with van der Waals surface area (Å²) < 4.78 is 20.2. The Morgan fingerprint density at radius 2 is 1.79 bits per heavy atom. The van der Waals surface area contributed by atoms with Crippen molar-refractivity contribution in [2.45, 2.75) is 25.0 Å². The van der Waals surface area contributed by atoms with Gasteiger partial charge in [-0.1, -0.05) is 0 Å². The van der Waals surface area contributed by atoms with Gasteiger partial charge in [0.25, 0.3) is 0 Å². The molecule has 0 bridgehead atoms. The van der Waals surface area contributed by atoms with Crippen LogP contribution in [0.15, 0.2) is 0 Å². The number of Topliss-reactive ketones (excluding diaryl/α,β-unsaturated/α-hetero) is 1. The summed E-state index contributed by atoms with van der Waals surface area (Å²) in [7, 11) is -3.63. The number of hydrogen-bond donors (Lipinski definition) is 1. The van der Waals surface area contributed by atoms with Crippen LogP contribution in [0.3, 0.4) is 0 Å². The lowest BCUT2D eigenvalue weighted by atomic mass is 10.5. The van der Waals surface area contributed by atoms with Crippen molar-refractivity contribution in [3.63, 3.8) is 0 Å². The molecular weight excluding hydrogens is 273 g/mol. The first-order valence-electron chi connectivity index (χ1n) is 4.19. The Bertz CT molecular complexity index is 246. The van der Waals surface area contributed by atoms with Gasteiger partial charge in [0, 0.05) is 0 Å². The fourth-order valence-electron chi connectivity index (χ4n) is 0.758. The molecule has 7 heteroatoms. The molecule has 84 valence electrons. The quantitative estimate of drug-likeness (QED) is 0.458. The van der Waals surface area contributed by atoms with Crippen molar-refractivity contribution >= 4 is 29.3 Å². The maximum absolute atomic E-state index is 12.0. The van der Waals surface area contributed by atoms with Gasteiger partial charge >= 0.3 is 7.60 Å². The monoisotopic (exact) mass is 287 g/mol. The fraction of sp³-hybridized carbons (Fsp3) is 0.857. The average Bonchev–Trinajstić information content (AvgIpc) is 2.04. The molecule has 1 unspecified atom stereocenters. The fourth-order valence-corrected chi connectivity index (χ4v) is 2.89. The standard InChI is InChI=1S/C7H15BrNO4P/c1-4-12-14(11,13-5-2)7(8,9)6(3)10/h4-5,9H2,1-3H3. The van der Waals surface area contributed by atoms with Gasteiger partial charge in [0.15, 0.2) is 5.78 Å². The molecule has 0 saturated carbocycles. The molecule has 0 fully saturated rings. The molecule has 0 aromatic rings. The third-order valence-electron chi connectivity index (χ3n) is 1.49. The van der Waals surface area contributed by atoms with Crippen LogP contribution in [-0.2, 0) is 18.4 Å². The Kier molecular flexibility index (Phi) is 5.47. The first-order valence-corrected chi connectivity index (χ1v) is 6.53. The Labute approximate surface area is 92.0 Å². The van der Waals surface area contributed by atoms with Crippen LogP contribution in [0.5, 0.6) is 0 Å². The van der Waals surface area contributed by atoms with Gasteiger partial charge in [-0.15, -0.1) is 0 Å². The lowest BCUT2D eigenvalue weighted by molar-refractivity contribution is -0.117. The van der Waals surface area contributed by atoms with Crippen LogP contribution in [-0.4, -0.2) is 23.2 Å². The van der Waals surface area contributed by atoms with Crippen molar-refractivity contribution in [3.05, 3.63) is 0 Å². The lowest BCUT2D eigenvalue weighted by Crippen LogP contribution is -2.41. The normalized spacial score (nSPS) is 16.4. The molecule has 2 N–H and O–H groups in total. The minimum absolute atomic E-state index is 0.162. The van der Waals surface area contributed by atoms with Gasteiger partial charge in [-0.25, -0.2) is 0 Å². The second kappa shape index (κ2) is 5.37. The number of carbonyl (C=O) groups excluding carboxylic acids is 1. The van der Waals surface area contributed by atoms with E-state index >= 15 is 0 Å². The number of hydrogen-bond acceptors (Lipinski definition) is 5. The summed E-state index contributed by atoms with van der Waals surface area (Å²) in [5.74, 6) is -0.497. The third kappa shape index (κ3) is 2.87. The molecule has 0 aliphatic heterocycles. The Morgan fingerprint density at radius 1 is 1.43 bits per heavy atom. The molecule has 0 amide bonds. The molecule has 14 heavy (non-hydrogen) atoms. The summed E-state index contributed by atoms with van der Waals surface area (Å²) in [6.45, 7) is 4.84. The summed E-state index contributed by atoms with van der Waals surface area (Å²) >= 11 is 2.89. The SMILES string of the molecule is CCOP(=O)(OCC)C(N)(Br)C(C)=O. The molecule has 0 aliphatic rings. The number of ketones is 1. The summed E-state index contributed by atoms with van der Waals surface area (Å²) in [6.07, 6.45) is 0. The lowest BCUT2D eigenvalue weighted by Gasteiger charge is -2.28. The van der Waals surface area contributed by atoms with Crippen LogP contribution < -0.4 is 5.73 Å². The smallest absolute Gasteiger partial charge is 0.307 e. The largest absolute Gasteiger partial charge is 0.368 e. The van der Waals surface area contributed by atoms with Crippen molar-refractivity contribution in [1.82, 2.24) is 0 Å². The number of halogens is 1. The molecule has 0 saturated heterocycles. The molecule has 0 spiro atoms. The zero-order valence-electron chi connectivity index (χ0n) is 8.45. The van der Waals surface area contributed by atoms with E-state index in [4.69, 9.17) is 14.8 Å². The minimum Gasteiger partial charge on any atom is -0.307 e. The summed E-state index contributed by atoms with van der Waals surface area (Å²) in [5, 5.41) is 0. The molecule has 0 heterocycles. The molecule has 0 aliphatic carbocycles. The van der Waals surface area contributed by atoms with E-state index in [1.165, 1.54) is 6.92 Å². The van der Waals surface area contributed by atoms with E-state index in [-0.39, 0.29) is 13.2 Å². The average molecular weight is 288 g/mol. The molecule has 1 atom stereocenters. The van der Waals surface area contributed by atoms with E-state index in [1.807, 2.05) is 0 Å². The third-order valence-corrected chi connectivity index (χ3v) is 5.66. The van der Waals surface area contributed by atoms with Crippen molar-refractivity contribution in [3.8, 4) is 0 Å². The van der Waals surface area contributed by atoms with Gasteiger partial charge in [-0.05, 0) is 36.7 Å². The second-order valence-corrected chi connectivity index (χ2v) is 6.64. The van der Waals surface area contributed by atoms with Crippen LogP contribution in [0.1, 0.15) is 20.8 Å². The topological polar surface area (TPSA) is 78.6 Å². The van der Waals surface area contributed by atoms with E-state index in [0.29, 0.717) is 0 Å². The molecule has 0 rings (SSSR count). The van der Waals surface area contributed by atoms with Crippen molar-refractivity contribution in [1.29, 1.82) is 0 Å². The highest BCUT2D eigenvalue weighted by atomic mass is 79.9. The first kappa shape index (κ1) is 14.3. The van der Waals surface area contributed by atoms with Crippen LogP contribution in [0.2, 0.25) is 0 Å². The predicted molar refractivity (Wildman–Crippen MR) is 57.4 cm³/mol. The van der Waals surface area contributed by atoms with Gasteiger partial charge < -0.3 is 9.05 Å². The van der Waals surface area contributed by atoms with Crippen LogP contribution in [0.25, 0.3) is 0 Å². The first-order chi connectivity index (χ1) is 6.31. The summed E-state index contributed by atoms with van der Waals surface area (Å²) in [6, 6.07) is 0. The van der Waals surface area contributed by atoms with Gasteiger partial charge in [-0.3, -0.25) is 15.1 Å². The zero-order valence-corrected chi connectivity index (χ0v) is 10.9. The maximum atomic E-state index is 12.0. The van der Waals surface area contributed by atoms with E-state index in [9.17, 15) is 9.36 Å². The Balaban J connectivity index is 4.99. The highest BCUT2D eigenvalue weighted by molar-refractivity contribution is 9.11. The number of alkyl halides is 1. The minimum atomic E-state index is -3.63. The molecule has 0 radical (unpaired) electrons. The molecule has 0 aromatic heterocycles. The zero-order chi connectivity index (χ0) is 11.4. The van der Waals surface area contributed by atoms with Gasteiger partial charge in [-0.2, -0.15) is 0 Å². The highest BCUT2D eigenvalue weighted by Gasteiger charge is 2.50. The van der Waals surface area contributed by atoms with Crippen LogP contribution >= 0.6 is 23.5 Å². The summed E-state index contributed by atoms with van der Waals surface area (Å²) in [4.78, 5) is 11.2.